The SMILES string of the molecule is COc1cc2c(cc1OCc1ccccc1)CCN(C(=O)OC(C)(C)C)C2CS(=O)(=O)C(=N)N(N)c1ccccc1.COc1cc2c(cc1OCc1ccccc1)CCNC2/C=C/c1ccc2c(c1)OC(F)(F)O2.N.O=Cc1ccc2c(c1)OC(F)(F)O2. The van der Waals surface area contributed by atoms with Crippen molar-refractivity contribution in [2.75, 3.05) is 38.1 Å². The Morgan fingerprint density at radius 3 is 1.70 bits per heavy atom. The molecule has 2 atom stereocenters. The molecule has 7 aromatic rings. The summed E-state index contributed by atoms with van der Waals surface area (Å²) in [5, 5.41) is 12.0. The van der Waals surface area contributed by atoms with Crippen LogP contribution in [0.1, 0.15) is 82.2 Å². The van der Waals surface area contributed by atoms with Gasteiger partial charge in [-0.25, -0.2) is 19.1 Å². The Morgan fingerprint density at radius 1 is 0.693 bits per heavy atom. The third-order valence-electron chi connectivity index (χ3n) is 13.8. The summed E-state index contributed by atoms with van der Waals surface area (Å²) in [7, 11) is -1.15. The third kappa shape index (κ3) is 16.2. The summed E-state index contributed by atoms with van der Waals surface area (Å²) in [6.45, 7) is 7.04. The van der Waals surface area contributed by atoms with Crippen molar-refractivity contribution < 1.29 is 78.2 Å². The van der Waals surface area contributed by atoms with Crippen molar-refractivity contribution in [1.82, 2.24) is 16.4 Å². The number of halogens is 4. The van der Waals surface area contributed by atoms with Crippen molar-refractivity contribution in [2.24, 2.45) is 5.84 Å². The smallest absolute Gasteiger partial charge is 0.493 e. The van der Waals surface area contributed by atoms with E-state index in [-0.39, 0.29) is 47.3 Å². The largest absolute Gasteiger partial charge is 0.586 e. The van der Waals surface area contributed by atoms with Crippen LogP contribution in [0, 0.1) is 5.41 Å². The van der Waals surface area contributed by atoms with Crippen molar-refractivity contribution in [1.29, 1.82) is 5.41 Å². The maximum Gasteiger partial charge on any atom is 0.586 e. The summed E-state index contributed by atoms with van der Waals surface area (Å²) in [5.74, 6) is 7.62. The number of aldehydes is 1. The van der Waals surface area contributed by atoms with Crippen LogP contribution in [0.5, 0.6) is 46.0 Å². The first kappa shape index (κ1) is 64.6. The fourth-order valence-electron chi connectivity index (χ4n) is 9.67. The number of alkyl halides is 4. The van der Waals surface area contributed by atoms with Crippen molar-refractivity contribution in [3.8, 4) is 46.0 Å². The summed E-state index contributed by atoms with van der Waals surface area (Å²) < 4.78 is 125. The number of amides is 1. The Kier molecular flexibility index (Phi) is 20.2. The molecule has 19 nitrogen and oxygen atoms in total. The fraction of sp³-hybridized carbons (Fsp3) is 0.266. The molecule has 2 unspecified atom stereocenters. The number of para-hydroxylation sites is 1. The molecule has 0 bridgehead atoms. The Balaban J connectivity index is 0.000000190. The molecule has 7 aromatic carbocycles. The van der Waals surface area contributed by atoms with E-state index in [4.69, 9.17) is 34.9 Å². The molecule has 24 heteroatoms. The second-order valence-corrected chi connectivity index (χ2v) is 23.0. The van der Waals surface area contributed by atoms with Gasteiger partial charge in [0, 0.05) is 18.7 Å². The summed E-state index contributed by atoms with van der Waals surface area (Å²) in [6.07, 6.45) is -2.16. The zero-order chi connectivity index (χ0) is 62.1. The van der Waals surface area contributed by atoms with Crippen LogP contribution in [0.15, 0.2) is 158 Å². The number of nitrogens with one attached hydrogen (secondary N) is 2. The Labute approximate surface area is 506 Å². The predicted octanol–water partition coefficient (Wildman–Crippen LogP) is 12.3. The number of sulfone groups is 1. The van der Waals surface area contributed by atoms with E-state index in [1.807, 2.05) is 91.0 Å². The van der Waals surface area contributed by atoms with Gasteiger partial charge in [-0.2, -0.15) is 0 Å². The van der Waals surface area contributed by atoms with Gasteiger partial charge in [-0.3, -0.25) is 20.1 Å². The average Bonchev–Trinajstić information content (AvgIpc) is 2.22. The van der Waals surface area contributed by atoms with Crippen molar-refractivity contribution >= 4 is 39.1 Å². The molecule has 0 spiro atoms. The van der Waals surface area contributed by atoms with E-state index in [9.17, 15) is 35.6 Å². The topological polar surface area (TPSA) is 255 Å². The molecule has 0 saturated heterocycles. The molecule has 0 saturated carbocycles. The molecule has 4 heterocycles. The van der Waals surface area contributed by atoms with Gasteiger partial charge in [0.1, 0.15) is 25.1 Å². The minimum Gasteiger partial charge on any atom is -0.493 e. The number of hydrogen-bond acceptors (Lipinski definition) is 17. The average molecular weight is 1240 g/mol. The number of nitrogens with zero attached hydrogens (tertiary/aromatic N) is 2. The molecule has 4 aliphatic rings. The van der Waals surface area contributed by atoms with Crippen molar-refractivity contribution in [3.05, 3.63) is 202 Å². The van der Waals surface area contributed by atoms with Gasteiger partial charge < -0.3 is 54.1 Å². The van der Waals surface area contributed by atoms with Gasteiger partial charge in [-0.1, -0.05) is 97.1 Å². The summed E-state index contributed by atoms with van der Waals surface area (Å²) in [4.78, 5) is 25.0. The van der Waals surface area contributed by atoms with Crippen LogP contribution in [0.2, 0.25) is 0 Å². The van der Waals surface area contributed by atoms with E-state index in [0.29, 0.717) is 60.2 Å². The molecule has 0 aliphatic carbocycles. The van der Waals surface area contributed by atoms with E-state index in [1.54, 1.807) is 70.3 Å². The normalized spacial score (nSPS) is 16.4. The highest BCUT2D eigenvalue weighted by molar-refractivity contribution is 8.06. The van der Waals surface area contributed by atoms with Crippen LogP contribution in [0.3, 0.4) is 0 Å². The Hall–Kier alpha value is -9.36. The minimum atomic E-state index is -4.27. The molecule has 88 heavy (non-hydrogen) atoms. The van der Waals surface area contributed by atoms with Gasteiger partial charge >= 0.3 is 18.7 Å². The van der Waals surface area contributed by atoms with Crippen molar-refractivity contribution in [3.63, 3.8) is 0 Å². The molecule has 1 amide bonds. The maximum absolute atomic E-state index is 13.6. The molecule has 464 valence electrons. The van der Waals surface area contributed by atoms with Gasteiger partial charge in [0.15, 0.2) is 46.0 Å². The zero-order valence-electron chi connectivity index (χ0n) is 48.7. The third-order valence-corrected chi connectivity index (χ3v) is 15.3. The highest BCUT2D eigenvalue weighted by Gasteiger charge is 2.45. The van der Waals surface area contributed by atoms with E-state index >= 15 is 0 Å². The van der Waals surface area contributed by atoms with Crippen LogP contribution in [-0.4, -0.2) is 82.1 Å². The van der Waals surface area contributed by atoms with Crippen molar-refractivity contribution in [2.45, 2.75) is 77.1 Å². The van der Waals surface area contributed by atoms with E-state index in [1.165, 1.54) is 47.9 Å². The minimum absolute atomic E-state index is 0. The molecule has 0 fully saturated rings. The number of hydrazine groups is 1. The van der Waals surface area contributed by atoms with E-state index in [0.717, 1.165) is 45.8 Å². The lowest BCUT2D eigenvalue weighted by Gasteiger charge is -2.38. The Bertz CT molecular complexity index is 3750. The van der Waals surface area contributed by atoms with Gasteiger partial charge in [0.25, 0.3) is 0 Å². The molecular weight excluding hydrogens is 1170 g/mol. The highest BCUT2D eigenvalue weighted by atomic mass is 32.2. The highest BCUT2D eigenvalue weighted by Crippen LogP contribution is 2.44. The lowest BCUT2D eigenvalue weighted by Crippen LogP contribution is -2.48. The summed E-state index contributed by atoms with van der Waals surface area (Å²) >= 11 is 0. The number of methoxy groups -OCH3 is 2. The number of carbonyl (C=O) groups is 2. The number of amidine groups is 1. The number of nitrogens with two attached hydrogens (primary N) is 1. The maximum atomic E-state index is 13.6. The predicted molar refractivity (Wildman–Crippen MR) is 321 cm³/mol. The number of hydrogen-bond donors (Lipinski definition) is 4. The zero-order valence-corrected chi connectivity index (χ0v) is 49.5. The number of ether oxygens (including phenoxy) is 9. The van der Waals surface area contributed by atoms with Crippen LogP contribution >= 0.6 is 0 Å². The molecule has 0 radical (unpaired) electrons. The number of fused-ring (bicyclic) bond motifs is 4. The number of benzene rings is 7. The van der Waals surface area contributed by atoms with Crippen LogP contribution < -0.4 is 60.2 Å². The first-order chi connectivity index (χ1) is 41.5. The van der Waals surface area contributed by atoms with Gasteiger partial charge in [0.05, 0.1) is 37.7 Å². The van der Waals surface area contributed by atoms with Gasteiger partial charge in [0.2, 0.25) is 15.0 Å². The van der Waals surface area contributed by atoms with E-state index < -0.39 is 51.1 Å². The van der Waals surface area contributed by atoms with Gasteiger partial charge in [-0.15, -0.1) is 17.6 Å². The lowest BCUT2D eigenvalue weighted by molar-refractivity contribution is -0.287. The number of anilines is 1. The first-order valence-electron chi connectivity index (χ1n) is 27.3. The standard InChI is InChI=1S/C30H36N4O6S.C26H23F2NO4.C8H4F2O3.H3N/c1-30(2,3)40-29(35)33-16-15-22-17-27(39-19-21-11-7-5-8-12-21)26(38-4)18-24(22)25(33)20-41(36,37)28(31)34(32)23-13-9-6-10-14-23;1-30-23-15-20-19(14-24(23)31-16-18-5-3-2-4-6-18)11-12-29-21(20)9-7-17-8-10-22-25(13-17)33-26(27,28)32-22;9-8(10)12-6-2-1-5(4-11)3-7(6)13-8;/h5-14,17-18,25,31H,15-16,19-20,32H2,1-4H3;2-10,13-15,21,29H,11-12,16H2,1H3;1-4H;1H3/b;9-7+;;. The van der Waals surface area contributed by atoms with Crippen LogP contribution in [0.25, 0.3) is 6.08 Å². The van der Waals surface area contributed by atoms with E-state index in [2.05, 4.69) is 24.3 Å². The molecule has 11 rings (SSSR count). The quantitative estimate of drug-likeness (QED) is 0.0197. The molecule has 7 N–H and O–H groups in total. The second-order valence-electron chi connectivity index (χ2n) is 21.1. The molecule has 4 aliphatic heterocycles. The fourth-order valence-corrected chi connectivity index (χ4v) is 11.0. The summed E-state index contributed by atoms with van der Waals surface area (Å²) in [6, 6.07) is 43.2. The lowest BCUT2D eigenvalue weighted by atomic mass is 9.93. The molecule has 0 aromatic heterocycles. The number of carbonyl (C=O) groups excluding carboxylic acids is 2. The second kappa shape index (κ2) is 27.6. The summed E-state index contributed by atoms with van der Waals surface area (Å²) in [5.41, 5.74) is 6.28. The first-order valence-corrected chi connectivity index (χ1v) is 29.0. The Morgan fingerprint density at radius 2 is 1.18 bits per heavy atom. The monoisotopic (exact) mass is 1230 g/mol. The molecular formula is C64H66F4N6O13S. The van der Waals surface area contributed by atoms with Crippen LogP contribution in [0.4, 0.5) is 28.0 Å². The number of rotatable bonds is 14. The van der Waals surface area contributed by atoms with Gasteiger partial charge in [-0.05, 0) is 139 Å². The van der Waals surface area contributed by atoms with Crippen LogP contribution in [-0.2, 0) is 40.6 Å².